The van der Waals surface area contributed by atoms with E-state index in [4.69, 9.17) is 43.9 Å². The first-order valence-electron chi connectivity index (χ1n) is 16.3. The molecule has 0 aromatic carbocycles. The predicted octanol–water partition coefficient (Wildman–Crippen LogP) is 7.47. The molecular weight excluding hydrogens is 665 g/mol. The summed E-state index contributed by atoms with van der Waals surface area (Å²) in [6.07, 6.45) is 5.50. The van der Waals surface area contributed by atoms with E-state index in [2.05, 4.69) is 33.1 Å². The average molecular weight is 735 g/mol. The summed E-state index contributed by atoms with van der Waals surface area (Å²) in [4.78, 5) is 0. The van der Waals surface area contributed by atoms with E-state index in [1.54, 1.807) is 64.0 Å². The van der Waals surface area contributed by atoms with Crippen molar-refractivity contribution < 1.29 is 43.9 Å². The summed E-state index contributed by atoms with van der Waals surface area (Å²) < 4.78 is 59.3. The summed E-state index contributed by atoms with van der Waals surface area (Å²) in [5.41, 5.74) is 0. The minimum absolute atomic E-state index is 0.805. The number of rotatable bonds is 29. The van der Waals surface area contributed by atoms with Gasteiger partial charge in [-0.2, -0.15) is 0 Å². The zero-order valence-electron chi connectivity index (χ0n) is 31.0. The van der Waals surface area contributed by atoms with Gasteiger partial charge in [-0.1, -0.05) is 63.2 Å². The number of unbranched alkanes of at least 4 members (excludes halogenated alkanes) is 1. The van der Waals surface area contributed by atoms with E-state index in [1.807, 2.05) is 0 Å². The molecule has 0 radical (unpaired) electrons. The Morgan fingerprint density at radius 2 is 0.636 bits per heavy atom. The first kappa shape index (κ1) is 44.9. The van der Waals surface area contributed by atoms with Crippen molar-refractivity contribution in [3.63, 3.8) is 0 Å². The molecule has 0 bridgehead atoms. The Morgan fingerprint density at radius 1 is 0.341 bits per heavy atom. The van der Waals surface area contributed by atoms with Crippen LogP contribution in [0.5, 0.6) is 0 Å². The maximum atomic E-state index is 7.10. The van der Waals surface area contributed by atoms with E-state index in [9.17, 15) is 0 Å². The minimum Gasteiger partial charge on any atom is -0.456 e. The van der Waals surface area contributed by atoms with Gasteiger partial charge in [0.05, 0.1) is 8.07 Å². The first-order valence-corrected chi connectivity index (χ1v) is 31.2. The van der Waals surface area contributed by atoms with E-state index in [-0.39, 0.29) is 0 Å². The fraction of sp³-hybridized carbons (Fsp3) is 1.00. The third kappa shape index (κ3) is 15.4. The van der Waals surface area contributed by atoms with Gasteiger partial charge < -0.3 is 43.9 Å². The van der Waals surface area contributed by atoms with Crippen LogP contribution >= 0.6 is 0 Å². The third-order valence-electron chi connectivity index (χ3n) is 9.31. The lowest BCUT2D eigenvalue weighted by Gasteiger charge is -2.39. The van der Waals surface area contributed by atoms with Gasteiger partial charge in [0.25, 0.3) is 0 Å². The number of hydrogen-bond donors (Lipinski definition) is 0. The van der Waals surface area contributed by atoms with E-state index in [0.29, 0.717) is 0 Å². The molecule has 0 saturated carbocycles. The van der Waals surface area contributed by atoms with E-state index < -0.39 is 51.1 Å². The van der Waals surface area contributed by atoms with Gasteiger partial charge in [-0.05, 0) is 38.3 Å². The Hall–Kier alpha value is 0.901. The van der Waals surface area contributed by atoms with Crippen LogP contribution in [0.15, 0.2) is 0 Å². The second-order valence-corrected chi connectivity index (χ2v) is 36.3. The van der Waals surface area contributed by atoms with Gasteiger partial charge in [0.15, 0.2) is 16.6 Å². The standard InChI is InChI=1S/C28H70O10Si6/c1-15-16-20-39(11,12)38-40(13,14)27-28-41(21-17-24-42(29-2,30-3)31-4,22-18-25-43(32-5,33-6)34-7)23-19-26-44(35-8,36-9)37-10/h15-28H2,1-14H3. The van der Waals surface area contributed by atoms with Crippen molar-refractivity contribution in [2.75, 3.05) is 64.0 Å². The highest BCUT2D eigenvalue weighted by Gasteiger charge is 2.44. The van der Waals surface area contributed by atoms with E-state index in [1.165, 1.54) is 49.1 Å². The smallest absolute Gasteiger partial charge is 0.456 e. The van der Waals surface area contributed by atoms with Gasteiger partial charge in [0, 0.05) is 82.1 Å². The lowest BCUT2D eigenvalue weighted by Crippen LogP contribution is -2.47. The van der Waals surface area contributed by atoms with Crippen LogP contribution in [0, 0.1) is 0 Å². The molecule has 0 N–H and O–H groups in total. The Bertz CT molecular complexity index is 648. The van der Waals surface area contributed by atoms with Crippen LogP contribution in [0.4, 0.5) is 0 Å². The fourth-order valence-electron chi connectivity index (χ4n) is 6.48. The first-order chi connectivity index (χ1) is 20.6. The molecule has 0 atom stereocenters. The summed E-state index contributed by atoms with van der Waals surface area (Å²) in [5, 5.41) is 0. The SMILES string of the molecule is CCCC[Si](C)(C)O[Si](C)(C)CC[Si](CCC[Si](OC)(OC)OC)(CCC[Si](OC)(OC)OC)CCC[Si](OC)(OC)OC. The Morgan fingerprint density at radius 3 is 0.909 bits per heavy atom. The molecule has 0 unspecified atom stereocenters. The molecule has 10 nitrogen and oxygen atoms in total. The van der Waals surface area contributed by atoms with E-state index >= 15 is 0 Å². The zero-order chi connectivity index (χ0) is 34.0. The lowest BCUT2D eigenvalue weighted by molar-refractivity contribution is 0.123. The van der Waals surface area contributed by atoms with Crippen molar-refractivity contribution in [3.8, 4) is 0 Å². The minimum atomic E-state index is -2.67. The molecule has 0 aliphatic carbocycles. The Labute approximate surface area is 277 Å². The largest absolute Gasteiger partial charge is 0.500 e. The maximum Gasteiger partial charge on any atom is 0.500 e. The monoisotopic (exact) mass is 734 g/mol. The van der Waals surface area contributed by atoms with Crippen molar-refractivity contribution in [2.24, 2.45) is 0 Å². The van der Waals surface area contributed by atoms with Gasteiger partial charge in [-0.25, -0.2) is 0 Å². The molecule has 44 heavy (non-hydrogen) atoms. The molecular formula is C28H70O10Si6. The molecule has 0 aliphatic heterocycles. The molecule has 0 saturated heterocycles. The Balaban J connectivity index is 6.32. The quantitative estimate of drug-likeness (QED) is 0.0721. The fourth-order valence-corrected chi connectivity index (χ4v) is 29.5. The molecule has 0 aliphatic rings. The summed E-state index contributed by atoms with van der Waals surface area (Å²) in [5.74, 6) is 0. The van der Waals surface area contributed by atoms with E-state index in [0.717, 1.165) is 37.4 Å². The lowest BCUT2D eigenvalue weighted by atomic mass is 10.4. The summed E-state index contributed by atoms with van der Waals surface area (Å²) in [7, 11) is 1.83. The predicted molar refractivity (Wildman–Crippen MR) is 194 cm³/mol. The Kier molecular flexibility index (Phi) is 22.2. The van der Waals surface area contributed by atoms with Crippen molar-refractivity contribution >= 4 is 51.1 Å². The summed E-state index contributed by atoms with van der Waals surface area (Å²) in [6, 6.07) is 9.56. The van der Waals surface area contributed by atoms with Crippen LogP contribution in [-0.2, 0) is 43.9 Å². The second kappa shape index (κ2) is 21.8. The van der Waals surface area contributed by atoms with Crippen molar-refractivity contribution in [3.05, 3.63) is 0 Å². The van der Waals surface area contributed by atoms with Crippen LogP contribution in [0.3, 0.4) is 0 Å². The average Bonchev–Trinajstić information content (AvgIpc) is 3.02. The van der Waals surface area contributed by atoms with Gasteiger partial charge in [-0.3, -0.25) is 0 Å². The van der Waals surface area contributed by atoms with Crippen LogP contribution in [0.1, 0.15) is 39.0 Å². The molecule has 0 heterocycles. The van der Waals surface area contributed by atoms with Gasteiger partial charge in [0.1, 0.15) is 0 Å². The highest BCUT2D eigenvalue weighted by molar-refractivity contribution is 6.87. The molecule has 16 heteroatoms. The molecule has 0 aromatic heterocycles. The highest BCUT2D eigenvalue weighted by Crippen LogP contribution is 2.39. The van der Waals surface area contributed by atoms with Crippen molar-refractivity contribution in [2.45, 2.75) is 120 Å². The van der Waals surface area contributed by atoms with Crippen LogP contribution < -0.4 is 0 Å². The highest BCUT2D eigenvalue weighted by atomic mass is 28.4. The van der Waals surface area contributed by atoms with Gasteiger partial charge in [-0.15, -0.1) is 0 Å². The van der Waals surface area contributed by atoms with Crippen LogP contribution in [-0.4, -0.2) is 115 Å². The van der Waals surface area contributed by atoms with Gasteiger partial charge in [0.2, 0.25) is 0 Å². The summed E-state index contributed by atoms with van der Waals surface area (Å²) in [6.45, 7) is 11.9. The molecule has 0 spiro atoms. The third-order valence-corrected chi connectivity index (χ3v) is 31.3. The molecule has 266 valence electrons. The van der Waals surface area contributed by atoms with Crippen molar-refractivity contribution in [1.82, 2.24) is 0 Å². The molecule has 0 rings (SSSR count). The summed E-state index contributed by atoms with van der Waals surface area (Å²) >= 11 is 0. The normalized spacial score (nSPS) is 14.0. The van der Waals surface area contributed by atoms with Gasteiger partial charge >= 0.3 is 26.4 Å². The van der Waals surface area contributed by atoms with Crippen LogP contribution in [0.25, 0.3) is 0 Å². The van der Waals surface area contributed by atoms with Crippen molar-refractivity contribution in [1.29, 1.82) is 0 Å². The zero-order valence-corrected chi connectivity index (χ0v) is 37.0. The molecule has 0 fully saturated rings. The molecule has 0 amide bonds. The molecule has 0 aromatic rings. The second-order valence-electron chi connectivity index (χ2n) is 13.2. The number of hydrogen-bond acceptors (Lipinski definition) is 10. The maximum absolute atomic E-state index is 7.10. The van der Waals surface area contributed by atoms with Crippen LogP contribution in [0.2, 0.25) is 80.6 Å². The topological polar surface area (TPSA) is 92.3 Å².